The van der Waals surface area contributed by atoms with Crippen molar-refractivity contribution in [1.29, 1.82) is 0 Å². The van der Waals surface area contributed by atoms with Crippen molar-refractivity contribution in [2.75, 3.05) is 32.8 Å². The number of rotatable bonds is 6. The summed E-state index contributed by atoms with van der Waals surface area (Å²) >= 11 is 0. The van der Waals surface area contributed by atoms with E-state index in [4.69, 9.17) is 18.9 Å². The third-order valence-corrected chi connectivity index (χ3v) is 16.8. The van der Waals surface area contributed by atoms with Crippen LogP contribution in [0.15, 0.2) is 0 Å². The predicted molar refractivity (Wildman–Crippen MR) is 181 cm³/mol. The van der Waals surface area contributed by atoms with Gasteiger partial charge in [-0.2, -0.15) is 0 Å². The lowest BCUT2D eigenvalue weighted by Crippen LogP contribution is -2.62. The predicted octanol–water partition coefficient (Wildman–Crippen LogP) is 4.52. The molecule has 3 saturated heterocycles. The Balaban J connectivity index is 1.03. The molecule has 0 amide bonds. The first-order chi connectivity index (χ1) is 22.5. The summed E-state index contributed by atoms with van der Waals surface area (Å²) in [5.41, 5.74) is -0.903. The molecule has 5 saturated carbocycles. The molecule has 0 aromatic rings. The van der Waals surface area contributed by atoms with E-state index in [0.717, 1.165) is 52.0 Å². The van der Waals surface area contributed by atoms with Crippen LogP contribution >= 0.6 is 0 Å². The minimum Gasteiger partial charge on any atom is -0.457 e. The second-order valence-electron chi connectivity index (χ2n) is 19.5. The van der Waals surface area contributed by atoms with Crippen molar-refractivity contribution in [2.24, 2.45) is 50.7 Å². The van der Waals surface area contributed by atoms with Crippen molar-refractivity contribution in [3.8, 4) is 0 Å². The smallest absolute Gasteiger partial charge is 0.303 e. The number of esters is 1. The molecule has 8 fully saturated rings. The van der Waals surface area contributed by atoms with Gasteiger partial charge in [0, 0.05) is 44.6 Å². The number of ether oxygens (including phenoxy) is 4. The first-order valence-corrected chi connectivity index (χ1v) is 19.4. The van der Waals surface area contributed by atoms with Crippen molar-refractivity contribution in [3.05, 3.63) is 0 Å². The van der Waals surface area contributed by atoms with E-state index in [2.05, 4.69) is 44.8 Å². The van der Waals surface area contributed by atoms with Gasteiger partial charge in [0.1, 0.15) is 0 Å². The number of nitrogens with zero attached hydrogens (tertiary/aromatic N) is 1. The van der Waals surface area contributed by atoms with Crippen LogP contribution in [-0.4, -0.2) is 102 Å². The van der Waals surface area contributed by atoms with E-state index >= 15 is 0 Å². The number of carbonyl (C=O) groups is 1. The summed E-state index contributed by atoms with van der Waals surface area (Å²) in [6.07, 6.45) is 6.87. The minimum absolute atomic E-state index is 0.0460. The Bertz CT molecular complexity index is 1280. The normalized spacial score (nSPS) is 52.1. The maximum absolute atomic E-state index is 12.6. The lowest BCUT2D eigenvalue weighted by atomic mass is 9.41. The highest BCUT2D eigenvalue weighted by Gasteiger charge is 2.84. The SMILES string of the molecule is CC(=O)O[C@@H](C1C[C@@H](C)[C@H]2C(O1)[C@H](O)[C@@]1(C)C3CC[C@H]4C(C)(C)[C@@H](OC5CN(C6CNC6)CCO5)CCC45CC35CC[C@]21C)C(C)(C)O. The van der Waals surface area contributed by atoms with Gasteiger partial charge in [-0.25, -0.2) is 0 Å². The Hall–Kier alpha value is -0.810. The number of morpholine rings is 1. The second-order valence-corrected chi connectivity index (χ2v) is 19.5. The Kier molecular flexibility index (Phi) is 7.93. The molecular weight excluding hydrogens is 608 g/mol. The molecule has 3 aliphatic heterocycles. The molecule has 2 spiro atoms. The first-order valence-electron chi connectivity index (χ1n) is 19.4. The van der Waals surface area contributed by atoms with Crippen molar-refractivity contribution < 1.29 is 34.0 Å². The zero-order valence-electron chi connectivity index (χ0n) is 30.9. The lowest BCUT2D eigenvalue weighted by Gasteiger charge is -2.64. The quantitative estimate of drug-likeness (QED) is 0.351. The Morgan fingerprint density at radius 1 is 1.04 bits per heavy atom. The van der Waals surface area contributed by atoms with Gasteiger partial charge in [-0.15, -0.1) is 0 Å². The number of aliphatic hydroxyl groups excluding tert-OH is 1. The molecule has 5 aliphatic carbocycles. The molecule has 0 radical (unpaired) electrons. The van der Waals surface area contributed by atoms with E-state index in [0.29, 0.717) is 29.7 Å². The molecule has 3 heterocycles. The number of fused-ring (bicyclic) bond motifs is 4. The summed E-state index contributed by atoms with van der Waals surface area (Å²) in [5, 5.41) is 27.0. The maximum Gasteiger partial charge on any atom is 0.303 e. The molecule has 8 rings (SSSR count). The largest absolute Gasteiger partial charge is 0.457 e. The van der Waals surface area contributed by atoms with E-state index < -0.39 is 29.9 Å². The third-order valence-electron chi connectivity index (χ3n) is 16.8. The van der Waals surface area contributed by atoms with Gasteiger partial charge >= 0.3 is 5.97 Å². The highest BCUT2D eigenvalue weighted by Crippen LogP contribution is 2.89. The van der Waals surface area contributed by atoms with Crippen molar-refractivity contribution in [2.45, 2.75) is 155 Å². The molecule has 0 aromatic heterocycles. The molecule has 0 aromatic carbocycles. The molecule has 9 nitrogen and oxygen atoms in total. The number of aliphatic hydroxyl groups is 2. The summed E-state index contributed by atoms with van der Waals surface area (Å²) < 4.78 is 25.7. The molecule has 14 atom stereocenters. The molecule has 272 valence electrons. The van der Waals surface area contributed by atoms with Crippen molar-refractivity contribution >= 4 is 5.97 Å². The fraction of sp³-hybridized carbons (Fsp3) is 0.974. The van der Waals surface area contributed by atoms with Gasteiger partial charge in [0.15, 0.2) is 12.4 Å². The van der Waals surface area contributed by atoms with Crippen LogP contribution < -0.4 is 5.32 Å². The summed E-state index contributed by atoms with van der Waals surface area (Å²) in [6.45, 7) is 21.7. The van der Waals surface area contributed by atoms with Gasteiger partial charge in [-0.05, 0) is 111 Å². The van der Waals surface area contributed by atoms with Crippen LogP contribution in [0, 0.1) is 50.7 Å². The van der Waals surface area contributed by atoms with Crippen LogP contribution in [0.2, 0.25) is 0 Å². The van der Waals surface area contributed by atoms with Gasteiger partial charge in [-0.3, -0.25) is 9.69 Å². The Morgan fingerprint density at radius 3 is 2.42 bits per heavy atom. The first kappa shape index (κ1) is 34.3. The standard InChI is InChI=1S/C39H64N2O7/c1-22-17-25(33(35(5,6)44)46-23(2)42)47-31-30(22)36(7)13-14-39-21-38(39)12-11-28(48-29-20-41(15-16-45-29)24-18-40-19-24)34(3,4)26(38)9-10-27(39)37(36,8)32(31)43/h22,24-33,40,43-44H,9-21H2,1-8H3/t22-,25?,26+,27?,28+,29?,30+,31?,32+,33+,36-,37-,38?,39?/m1/s1. The van der Waals surface area contributed by atoms with Crippen LogP contribution in [0.25, 0.3) is 0 Å². The fourth-order valence-corrected chi connectivity index (χ4v) is 14.4. The highest BCUT2D eigenvalue weighted by molar-refractivity contribution is 5.66. The van der Waals surface area contributed by atoms with E-state index in [1.165, 1.54) is 32.6 Å². The molecular formula is C39H64N2O7. The average molecular weight is 673 g/mol. The number of carbonyl (C=O) groups excluding carboxylic acids is 1. The molecule has 9 heteroatoms. The minimum atomic E-state index is -1.25. The molecule has 6 unspecified atom stereocenters. The molecule has 0 bridgehead atoms. The zero-order chi connectivity index (χ0) is 34.2. The van der Waals surface area contributed by atoms with Gasteiger partial charge in [0.2, 0.25) is 0 Å². The second kappa shape index (κ2) is 11.1. The third kappa shape index (κ3) is 4.55. The lowest BCUT2D eigenvalue weighted by molar-refractivity contribution is -0.251. The van der Waals surface area contributed by atoms with Gasteiger partial charge < -0.3 is 34.5 Å². The van der Waals surface area contributed by atoms with Crippen LogP contribution in [0.3, 0.4) is 0 Å². The van der Waals surface area contributed by atoms with Gasteiger partial charge in [0.05, 0.1) is 36.6 Å². The number of hydrogen-bond acceptors (Lipinski definition) is 9. The monoisotopic (exact) mass is 672 g/mol. The van der Waals surface area contributed by atoms with E-state index in [1.54, 1.807) is 13.8 Å². The highest BCUT2D eigenvalue weighted by atomic mass is 16.7. The average Bonchev–Trinajstić information content (AvgIpc) is 3.61. The maximum atomic E-state index is 12.6. The van der Waals surface area contributed by atoms with Gasteiger partial charge in [0.25, 0.3) is 0 Å². The Morgan fingerprint density at radius 2 is 1.75 bits per heavy atom. The van der Waals surface area contributed by atoms with Crippen molar-refractivity contribution in [1.82, 2.24) is 10.2 Å². The molecule has 48 heavy (non-hydrogen) atoms. The van der Waals surface area contributed by atoms with E-state index in [-0.39, 0.29) is 52.0 Å². The Labute approximate surface area is 288 Å². The molecule has 3 N–H and O–H groups in total. The van der Waals surface area contributed by atoms with Crippen molar-refractivity contribution in [3.63, 3.8) is 0 Å². The zero-order valence-corrected chi connectivity index (χ0v) is 30.9. The topological polar surface area (TPSA) is 110 Å². The van der Waals surface area contributed by atoms with Crippen LogP contribution in [0.1, 0.15) is 107 Å². The molecule has 8 aliphatic rings. The summed E-state index contributed by atoms with van der Waals surface area (Å²) in [6, 6.07) is 0.619. The van der Waals surface area contributed by atoms with Crippen LogP contribution in [-0.2, 0) is 23.7 Å². The van der Waals surface area contributed by atoms with E-state index in [1.807, 2.05) is 0 Å². The van der Waals surface area contributed by atoms with Gasteiger partial charge in [-0.1, -0.05) is 34.6 Å². The van der Waals surface area contributed by atoms with Crippen LogP contribution in [0.5, 0.6) is 0 Å². The van der Waals surface area contributed by atoms with Crippen LogP contribution in [0.4, 0.5) is 0 Å². The van der Waals surface area contributed by atoms with E-state index in [9.17, 15) is 15.0 Å². The summed E-state index contributed by atoms with van der Waals surface area (Å²) in [7, 11) is 0. The number of nitrogens with one attached hydrogen (secondary N) is 1. The summed E-state index contributed by atoms with van der Waals surface area (Å²) in [4.78, 5) is 14.7. The summed E-state index contributed by atoms with van der Waals surface area (Å²) in [5.74, 6) is 1.15. The fourth-order valence-electron chi connectivity index (χ4n) is 14.4. The number of hydrogen-bond donors (Lipinski definition) is 3.